The summed E-state index contributed by atoms with van der Waals surface area (Å²) in [6.07, 6.45) is 0. The molecule has 0 aromatic heterocycles. The van der Waals surface area contributed by atoms with Gasteiger partial charge in [0.15, 0.2) is 0 Å². The third-order valence-electron chi connectivity index (χ3n) is 3.71. The van der Waals surface area contributed by atoms with E-state index in [4.69, 9.17) is 4.74 Å². The van der Waals surface area contributed by atoms with Crippen molar-refractivity contribution in [3.63, 3.8) is 0 Å². The zero-order valence-electron chi connectivity index (χ0n) is 13.8. The number of nitrogens with one attached hydrogen (secondary N) is 1. The summed E-state index contributed by atoms with van der Waals surface area (Å²) in [6, 6.07) is 13.2. The lowest BCUT2D eigenvalue weighted by atomic mass is 10.0. The highest BCUT2D eigenvalue weighted by Gasteiger charge is 2.20. The monoisotopic (exact) mass is 331 g/mol. The van der Waals surface area contributed by atoms with Gasteiger partial charge in [0, 0.05) is 12.1 Å². The highest BCUT2D eigenvalue weighted by Crippen LogP contribution is 2.17. The van der Waals surface area contributed by atoms with Gasteiger partial charge >= 0.3 is 5.97 Å². The molecule has 0 saturated carbocycles. The van der Waals surface area contributed by atoms with Crippen LogP contribution in [0, 0.1) is 11.7 Å². The first-order valence-corrected chi connectivity index (χ1v) is 7.88. The van der Waals surface area contributed by atoms with Crippen LogP contribution >= 0.6 is 0 Å². The van der Waals surface area contributed by atoms with E-state index < -0.39 is 12.0 Å². The predicted molar refractivity (Wildman–Crippen MR) is 90.3 cm³/mol. The van der Waals surface area contributed by atoms with Gasteiger partial charge in [0.1, 0.15) is 24.2 Å². The van der Waals surface area contributed by atoms with E-state index in [2.05, 4.69) is 5.32 Å². The number of halogens is 1. The number of carbonyl (C=O) groups is 1. The molecule has 4 nitrogen and oxygen atoms in total. The topological polar surface area (TPSA) is 58.6 Å². The lowest BCUT2D eigenvalue weighted by Gasteiger charge is -2.18. The maximum absolute atomic E-state index is 13.6. The van der Waals surface area contributed by atoms with Crippen molar-refractivity contribution in [3.05, 3.63) is 65.5 Å². The number of benzene rings is 2. The summed E-state index contributed by atoms with van der Waals surface area (Å²) in [6.45, 7) is 4.29. The lowest BCUT2D eigenvalue weighted by molar-refractivity contribution is -0.140. The van der Waals surface area contributed by atoms with E-state index in [0.29, 0.717) is 17.9 Å². The number of aliphatic carboxylic acids is 1. The zero-order chi connectivity index (χ0) is 17.5. The number of hydrogen-bond acceptors (Lipinski definition) is 3. The van der Waals surface area contributed by atoms with Gasteiger partial charge in [-0.05, 0) is 29.7 Å². The number of ether oxygens (including phenoxy) is 1. The minimum absolute atomic E-state index is 0.0111. The van der Waals surface area contributed by atoms with Crippen LogP contribution in [0.25, 0.3) is 0 Å². The van der Waals surface area contributed by atoms with Gasteiger partial charge in [-0.2, -0.15) is 0 Å². The van der Waals surface area contributed by atoms with Crippen LogP contribution in [-0.4, -0.2) is 17.1 Å². The van der Waals surface area contributed by atoms with Gasteiger partial charge in [0.25, 0.3) is 0 Å². The highest BCUT2D eigenvalue weighted by molar-refractivity contribution is 5.73. The highest BCUT2D eigenvalue weighted by atomic mass is 19.1. The maximum Gasteiger partial charge on any atom is 0.320 e. The molecule has 0 heterocycles. The van der Waals surface area contributed by atoms with Gasteiger partial charge in [0.05, 0.1) is 0 Å². The average molecular weight is 331 g/mol. The first-order valence-electron chi connectivity index (χ1n) is 7.88. The standard InChI is InChI=1S/C19H22FNO3/c1-13(2)18(19(22)23)21-11-14-6-5-8-16(10-14)24-12-15-7-3-4-9-17(15)20/h3-10,13,18,21H,11-12H2,1-2H3,(H,22,23)/t18-/m1/s1. The first kappa shape index (κ1) is 17.9. The van der Waals surface area contributed by atoms with Crippen LogP contribution in [0.3, 0.4) is 0 Å². The van der Waals surface area contributed by atoms with Crippen molar-refractivity contribution in [3.8, 4) is 5.75 Å². The fraction of sp³-hybridized carbons (Fsp3) is 0.316. The number of rotatable bonds is 8. The molecule has 0 bridgehead atoms. The zero-order valence-corrected chi connectivity index (χ0v) is 13.8. The van der Waals surface area contributed by atoms with Gasteiger partial charge in [-0.25, -0.2) is 4.39 Å². The molecule has 2 aromatic carbocycles. The van der Waals surface area contributed by atoms with Crippen LogP contribution in [0.5, 0.6) is 5.75 Å². The third kappa shape index (κ3) is 5.06. The second kappa shape index (κ2) is 8.45. The largest absolute Gasteiger partial charge is 0.489 e. The van der Waals surface area contributed by atoms with E-state index in [1.165, 1.54) is 6.07 Å². The van der Waals surface area contributed by atoms with Crippen molar-refractivity contribution in [2.75, 3.05) is 0 Å². The first-order chi connectivity index (χ1) is 11.5. The fourth-order valence-corrected chi connectivity index (χ4v) is 2.36. The Labute approximate surface area is 141 Å². The molecule has 0 amide bonds. The second-order valence-corrected chi connectivity index (χ2v) is 5.97. The molecule has 2 aromatic rings. The van der Waals surface area contributed by atoms with Crippen molar-refractivity contribution < 1.29 is 19.0 Å². The molecular weight excluding hydrogens is 309 g/mol. The van der Waals surface area contributed by atoms with Crippen molar-refractivity contribution in [1.29, 1.82) is 0 Å². The Hall–Kier alpha value is -2.40. The van der Waals surface area contributed by atoms with Crippen LogP contribution in [0.2, 0.25) is 0 Å². The smallest absolute Gasteiger partial charge is 0.320 e. The predicted octanol–water partition coefficient (Wildman–Crippen LogP) is 3.60. The van der Waals surface area contributed by atoms with Crippen molar-refractivity contribution in [1.82, 2.24) is 5.32 Å². The van der Waals surface area contributed by atoms with Crippen LogP contribution < -0.4 is 10.1 Å². The van der Waals surface area contributed by atoms with E-state index in [0.717, 1.165) is 5.56 Å². The summed E-state index contributed by atoms with van der Waals surface area (Å²) in [5, 5.41) is 12.2. The van der Waals surface area contributed by atoms with E-state index in [1.54, 1.807) is 24.3 Å². The van der Waals surface area contributed by atoms with Gasteiger partial charge in [0.2, 0.25) is 0 Å². The lowest BCUT2D eigenvalue weighted by Crippen LogP contribution is -2.40. The Kier molecular flexibility index (Phi) is 6.32. The number of hydrogen-bond donors (Lipinski definition) is 2. The van der Waals surface area contributed by atoms with Crippen LogP contribution in [0.1, 0.15) is 25.0 Å². The molecule has 0 spiro atoms. The summed E-state index contributed by atoms with van der Waals surface area (Å²) in [7, 11) is 0. The molecule has 24 heavy (non-hydrogen) atoms. The van der Waals surface area contributed by atoms with E-state index in [-0.39, 0.29) is 18.3 Å². The molecule has 0 aliphatic heterocycles. The molecule has 0 fully saturated rings. The van der Waals surface area contributed by atoms with Gasteiger partial charge in [-0.3, -0.25) is 4.79 Å². The molecule has 1 atom stereocenters. The van der Waals surface area contributed by atoms with Crippen molar-refractivity contribution >= 4 is 5.97 Å². The van der Waals surface area contributed by atoms with Crippen molar-refractivity contribution in [2.24, 2.45) is 5.92 Å². The van der Waals surface area contributed by atoms with E-state index in [9.17, 15) is 14.3 Å². The molecule has 128 valence electrons. The van der Waals surface area contributed by atoms with E-state index >= 15 is 0 Å². The molecule has 0 aliphatic carbocycles. The minimum atomic E-state index is -0.864. The van der Waals surface area contributed by atoms with Crippen LogP contribution in [-0.2, 0) is 17.9 Å². The molecular formula is C19H22FNO3. The molecule has 0 radical (unpaired) electrons. The van der Waals surface area contributed by atoms with Crippen molar-refractivity contribution in [2.45, 2.75) is 33.0 Å². The molecule has 0 aliphatic rings. The third-order valence-corrected chi connectivity index (χ3v) is 3.71. The summed E-state index contributed by atoms with van der Waals surface area (Å²) < 4.78 is 19.2. The molecule has 0 saturated heterocycles. The Balaban J connectivity index is 1.96. The van der Waals surface area contributed by atoms with Crippen LogP contribution in [0.15, 0.2) is 48.5 Å². The Bertz CT molecular complexity index is 688. The SMILES string of the molecule is CC(C)[C@@H](NCc1cccc(OCc2ccccc2F)c1)C(=O)O. The fourth-order valence-electron chi connectivity index (χ4n) is 2.36. The summed E-state index contributed by atoms with van der Waals surface area (Å²) in [5.74, 6) is -0.550. The molecule has 2 N–H and O–H groups in total. The second-order valence-electron chi connectivity index (χ2n) is 5.97. The van der Waals surface area contributed by atoms with Gasteiger partial charge in [-0.1, -0.05) is 44.2 Å². The average Bonchev–Trinajstić information content (AvgIpc) is 2.54. The molecule has 5 heteroatoms. The summed E-state index contributed by atoms with van der Waals surface area (Å²) in [5.41, 5.74) is 1.40. The summed E-state index contributed by atoms with van der Waals surface area (Å²) >= 11 is 0. The minimum Gasteiger partial charge on any atom is -0.489 e. The molecule has 0 unspecified atom stereocenters. The normalized spacial score (nSPS) is 12.2. The van der Waals surface area contributed by atoms with E-state index in [1.807, 2.05) is 32.0 Å². The Morgan fingerprint density at radius 1 is 1.21 bits per heavy atom. The Morgan fingerprint density at radius 3 is 2.62 bits per heavy atom. The number of carboxylic acids is 1. The van der Waals surface area contributed by atoms with Crippen LogP contribution in [0.4, 0.5) is 4.39 Å². The Morgan fingerprint density at radius 2 is 1.96 bits per heavy atom. The number of carboxylic acid groups (broad SMARTS) is 1. The quantitative estimate of drug-likeness (QED) is 0.776. The molecule has 2 rings (SSSR count). The van der Waals surface area contributed by atoms with Gasteiger partial charge < -0.3 is 15.2 Å². The summed E-state index contributed by atoms with van der Waals surface area (Å²) in [4.78, 5) is 11.2. The van der Waals surface area contributed by atoms with Gasteiger partial charge in [-0.15, -0.1) is 0 Å². The maximum atomic E-state index is 13.6.